The Balaban J connectivity index is 1.62. The third-order valence-corrected chi connectivity index (χ3v) is 5.91. The molecule has 0 saturated carbocycles. The monoisotopic (exact) mass is 431 g/mol. The van der Waals surface area contributed by atoms with Gasteiger partial charge in [-0.05, 0) is 36.8 Å². The fourth-order valence-corrected chi connectivity index (χ4v) is 4.19. The van der Waals surface area contributed by atoms with Crippen LogP contribution in [-0.4, -0.2) is 28.8 Å². The molecular weight excluding hydrogens is 410 g/mol. The van der Waals surface area contributed by atoms with Crippen molar-refractivity contribution in [2.45, 2.75) is 17.3 Å². The van der Waals surface area contributed by atoms with Crippen molar-refractivity contribution < 1.29 is 14.3 Å². The zero-order valence-electron chi connectivity index (χ0n) is 17.1. The molecule has 0 fully saturated rings. The summed E-state index contributed by atoms with van der Waals surface area (Å²) in [6.45, 7) is 1.50. The van der Waals surface area contributed by atoms with Gasteiger partial charge in [-0.1, -0.05) is 54.2 Å². The minimum absolute atomic E-state index is 0.0530. The van der Waals surface area contributed by atoms with Crippen LogP contribution in [0, 0.1) is 0 Å². The van der Waals surface area contributed by atoms with Crippen LogP contribution in [0.5, 0.6) is 5.75 Å². The predicted molar refractivity (Wildman–Crippen MR) is 123 cm³/mol. The van der Waals surface area contributed by atoms with Gasteiger partial charge in [-0.2, -0.15) is 0 Å². The Labute approximate surface area is 184 Å². The number of carbonyl (C=O) groups is 2. The summed E-state index contributed by atoms with van der Waals surface area (Å²) in [4.78, 5) is 32.8. The SMILES string of the molecule is COc1ccc2nc(S[C@@H](C(=O)Nc3cccc(C(C)=O)c3)c3ccccc3)[nH]c2c1. The molecule has 0 radical (unpaired) electrons. The van der Waals surface area contributed by atoms with Gasteiger partial charge in [0, 0.05) is 17.3 Å². The molecule has 0 aliphatic rings. The molecule has 1 atom stereocenters. The molecule has 156 valence electrons. The first-order chi connectivity index (χ1) is 15.0. The second-order valence-electron chi connectivity index (χ2n) is 6.96. The molecule has 0 saturated heterocycles. The fraction of sp³-hybridized carbons (Fsp3) is 0.125. The largest absolute Gasteiger partial charge is 0.497 e. The standard InChI is InChI=1S/C24H21N3O3S/c1-15(28)17-9-6-10-18(13-17)25-23(29)22(16-7-4-3-5-8-16)31-24-26-20-12-11-19(30-2)14-21(20)27-24/h3-14,22H,1-2H3,(H,25,29)(H,26,27)/t22-/m1/s1. The van der Waals surface area contributed by atoms with E-state index in [1.54, 1.807) is 31.4 Å². The van der Waals surface area contributed by atoms with Crippen LogP contribution in [0.2, 0.25) is 0 Å². The van der Waals surface area contributed by atoms with E-state index in [0.29, 0.717) is 16.4 Å². The van der Waals surface area contributed by atoms with Gasteiger partial charge in [-0.15, -0.1) is 0 Å². The molecule has 4 aromatic rings. The third kappa shape index (κ3) is 4.78. The van der Waals surface area contributed by atoms with Gasteiger partial charge in [0.25, 0.3) is 0 Å². The first-order valence-electron chi connectivity index (χ1n) is 9.71. The number of ether oxygens (including phenoxy) is 1. The van der Waals surface area contributed by atoms with E-state index in [1.807, 2.05) is 48.5 Å². The van der Waals surface area contributed by atoms with Crippen LogP contribution in [0.4, 0.5) is 5.69 Å². The molecule has 0 aliphatic carbocycles. The van der Waals surface area contributed by atoms with Crippen molar-refractivity contribution in [3.8, 4) is 5.75 Å². The van der Waals surface area contributed by atoms with E-state index in [1.165, 1.54) is 18.7 Å². The van der Waals surface area contributed by atoms with Crippen LogP contribution < -0.4 is 10.1 Å². The number of nitrogens with one attached hydrogen (secondary N) is 2. The van der Waals surface area contributed by atoms with Crippen molar-refractivity contribution in [3.63, 3.8) is 0 Å². The number of methoxy groups -OCH3 is 1. The molecule has 6 nitrogen and oxygen atoms in total. The lowest BCUT2D eigenvalue weighted by atomic mass is 10.1. The van der Waals surface area contributed by atoms with E-state index in [4.69, 9.17) is 4.74 Å². The van der Waals surface area contributed by atoms with Gasteiger partial charge in [0.05, 0.1) is 18.1 Å². The number of hydrogen-bond donors (Lipinski definition) is 2. The smallest absolute Gasteiger partial charge is 0.242 e. The number of Topliss-reactive ketones (excluding diaryl/α,β-unsaturated/α-hetero) is 1. The summed E-state index contributed by atoms with van der Waals surface area (Å²) < 4.78 is 5.27. The minimum Gasteiger partial charge on any atom is -0.497 e. The highest BCUT2D eigenvalue weighted by molar-refractivity contribution is 8.00. The van der Waals surface area contributed by atoms with Gasteiger partial charge in [-0.25, -0.2) is 4.98 Å². The number of aromatic amines is 1. The van der Waals surface area contributed by atoms with Gasteiger partial charge in [0.15, 0.2) is 10.9 Å². The minimum atomic E-state index is -0.537. The molecule has 1 amide bonds. The summed E-state index contributed by atoms with van der Waals surface area (Å²) in [7, 11) is 1.62. The summed E-state index contributed by atoms with van der Waals surface area (Å²) in [5, 5.41) is 3.03. The number of ketones is 1. The maximum Gasteiger partial charge on any atom is 0.242 e. The Kier molecular flexibility index (Phi) is 6.04. The molecule has 1 aromatic heterocycles. The van der Waals surface area contributed by atoms with Gasteiger partial charge in [-0.3, -0.25) is 9.59 Å². The molecule has 3 aromatic carbocycles. The number of aromatic nitrogens is 2. The molecular formula is C24H21N3O3S. The van der Waals surface area contributed by atoms with Crippen molar-refractivity contribution >= 4 is 40.2 Å². The van der Waals surface area contributed by atoms with Crippen LogP contribution in [-0.2, 0) is 4.79 Å². The maximum absolute atomic E-state index is 13.2. The van der Waals surface area contributed by atoms with Crippen molar-refractivity contribution in [1.82, 2.24) is 9.97 Å². The number of benzene rings is 3. The zero-order valence-corrected chi connectivity index (χ0v) is 17.9. The zero-order chi connectivity index (χ0) is 21.8. The number of hydrogen-bond acceptors (Lipinski definition) is 5. The Morgan fingerprint density at radius 2 is 1.84 bits per heavy atom. The first kappa shape index (κ1) is 20.7. The van der Waals surface area contributed by atoms with Crippen molar-refractivity contribution in [2.75, 3.05) is 12.4 Å². The van der Waals surface area contributed by atoms with Crippen LogP contribution in [0.3, 0.4) is 0 Å². The Hall–Kier alpha value is -3.58. The number of amides is 1. The summed E-state index contributed by atoms with van der Waals surface area (Å²) in [6.07, 6.45) is 0. The second-order valence-corrected chi connectivity index (χ2v) is 8.05. The predicted octanol–water partition coefficient (Wildman–Crippen LogP) is 5.25. The van der Waals surface area contributed by atoms with E-state index in [0.717, 1.165) is 22.3 Å². The van der Waals surface area contributed by atoms with E-state index in [2.05, 4.69) is 15.3 Å². The normalized spacial score (nSPS) is 11.8. The molecule has 31 heavy (non-hydrogen) atoms. The van der Waals surface area contributed by atoms with Crippen molar-refractivity contribution in [1.29, 1.82) is 0 Å². The van der Waals surface area contributed by atoms with Crippen LogP contribution in [0.25, 0.3) is 11.0 Å². The molecule has 1 heterocycles. The van der Waals surface area contributed by atoms with Gasteiger partial charge < -0.3 is 15.0 Å². The number of carbonyl (C=O) groups excluding carboxylic acids is 2. The summed E-state index contributed by atoms with van der Waals surface area (Å²) in [5.74, 6) is 0.480. The quantitative estimate of drug-likeness (QED) is 0.309. The number of anilines is 1. The summed E-state index contributed by atoms with van der Waals surface area (Å²) >= 11 is 1.33. The lowest BCUT2D eigenvalue weighted by Crippen LogP contribution is -2.19. The Morgan fingerprint density at radius 1 is 1.03 bits per heavy atom. The summed E-state index contributed by atoms with van der Waals surface area (Å²) in [5.41, 5.74) is 3.61. The van der Waals surface area contributed by atoms with Crippen LogP contribution >= 0.6 is 11.8 Å². The lowest BCUT2D eigenvalue weighted by Gasteiger charge is -2.16. The average Bonchev–Trinajstić information content (AvgIpc) is 3.19. The van der Waals surface area contributed by atoms with Crippen molar-refractivity contribution in [2.24, 2.45) is 0 Å². The average molecular weight is 432 g/mol. The van der Waals surface area contributed by atoms with E-state index >= 15 is 0 Å². The number of rotatable bonds is 7. The number of H-pyrrole nitrogens is 1. The molecule has 0 bridgehead atoms. The number of nitrogens with zero attached hydrogens (tertiary/aromatic N) is 1. The molecule has 7 heteroatoms. The first-order valence-corrected chi connectivity index (χ1v) is 10.6. The summed E-state index contributed by atoms with van der Waals surface area (Å²) in [6, 6.07) is 22.1. The third-order valence-electron chi connectivity index (χ3n) is 4.77. The topological polar surface area (TPSA) is 84.1 Å². The highest BCUT2D eigenvalue weighted by Crippen LogP contribution is 2.36. The number of thioether (sulfide) groups is 1. The van der Waals surface area contributed by atoms with E-state index in [9.17, 15) is 9.59 Å². The molecule has 0 unspecified atom stereocenters. The maximum atomic E-state index is 13.2. The van der Waals surface area contributed by atoms with Crippen LogP contribution in [0.1, 0.15) is 28.1 Å². The van der Waals surface area contributed by atoms with Gasteiger partial charge >= 0.3 is 0 Å². The highest BCUT2D eigenvalue weighted by Gasteiger charge is 2.24. The van der Waals surface area contributed by atoms with Gasteiger partial charge in [0.1, 0.15) is 11.0 Å². The van der Waals surface area contributed by atoms with E-state index in [-0.39, 0.29) is 11.7 Å². The molecule has 4 rings (SSSR count). The molecule has 0 spiro atoms. The Morgan fingerprint density at radius 3 is 2.58 bits per heavy atom. The second kappa shape index (κ2) is 9.06. The molecule has 2 N–H and O–H groups in total. The number of fused-ring (bicyclic) bond motifs is 1. The Bertz CT molecular complexity index is 1240. The lowest BCUT2D eigenvalue weighted by molar-refractivity contribution is -0.115. The molecule has 0 aliphatic heterocycles. The number of imidazole rings is 1. The van der Waals surface area contributed by atoms with Crippen LogP contribution in [0.15, 0.2) is 78.0 Å². The van der Waals surface area contributed by atoms with Gasteiger partial charge in [0.2, 0.25) is 5.91 Å². The van der Waals surface area contributed by atoms with E-state index < -0.39 is 5.25 Å². The highest BCUT2D eigenvalue weighted by atomic mass is 32.2. The van der Waals surface area contributed by atoms with Crippen molar-refractivity contribution in [3.05, 3.63) is 83.9 Å². The fourth-order valence-electron chi connectivity index (χ4n) is 3.18.